The van der Waals surface area contributed by atoms with E-state index in [1.54, 1.807) is 0 Å². The van der Waals surface area contributed by atoms with Crippen LogP contribution in [0.5, 0.6) is 0 Å². The van der Waals surface area contributed by atoms with Crippen LogP contribution in [0.3, 0.4) is 0 Å². The summed E-state index contributed by atoms with van der Waals surface area (Å²) in [7, 11) is -0.0792. The summed E-state index contributed by atoms with van der Waals surface area (Å²) in [4.78, 5) is 0. The van der Waals surface area contributed by atoms with E-state index in [0.717, 1.165) is 5.92 Å². The zero-order chi connectivity index (χ0) is 11.6. The second kappa shape index (κ2) is 4.94. The van der Waals surface area contributed by atoms with E-state index in [0.29, 0.717) is 5.16 Å². The van der Waals surface area contributed by atoms with Crippen molar-refractivity contribution >= 4 is 8.07 Å². The van der Waals surface area contributed by atoms with Gasteiger partial charge in [-0.15, -0.1) is 0 Å². The Balaban J connectivity index is 4.42. The van der Waals surface area contributed by atoms with Gasteiger partial charge in [0.15, 0.2) is 0 Å². The quantitative estimate of drug-likeness (QED) is 0.698. The van der Waals surface area contributed by atoms with Crippen LogP contribution >= 0.6 is 8.07 Å². The summed E-state index contributed by atoms with van der Waals surface area (Å²) in [5, 5.41) is 4.20. The molecule has 0 saturated heterocycles. The van der Waals surface area contributed by atoms with Gasteiger partial charge in [-0.05, 0) is 46.1 Å². The lowest BCUT2D eigenvalue weighted by atomic mass is 10.1. The van der Waals surface area contributed by atoms with E-state index >= 15 is 0 Å². The van der Waals surface area contributed by atoms with Crippen LogP contribution in [0, 0.1) is 5.92 Å². The Hall–Kier alpha value is 0.390. The van der Waals surface area contributed by atoms with Gasteiger partial charge in [0, 0.05) is 5.54 Å². The van der Waals surface area contributed by atoms with E-state index in [9.17, 15) is 0 Å². The van der Waals surface area contributed by atoms with E-state index in [-0.39, 0.29) is 13.6 Å². The average Bonchev–Trinajstić information content (AvgIpc) is 1.78. The Kier molecular flexibility index (Phi) is 5.08. The van der Waals surface area contributed by atoms with Crippen molar-refractivity contribution in [2.24, 2.45) is 5.92 Å². The molecule has 0 rings (SSSR count). The van der Waals surface area contributed by atoms with Crippen LogP contribution < -0.4 is 5.09 Å². The monoisotopic (exact) mass is 217 g/mol. The molecule has 2 heteroatoms. The molecule has 0 heterocycles. The van der Waals surface area contributed by atoms with E-state index in [2.05, 4.69) is 60.5 Å². The van der Waals surface area contributed by atoms with Gasteiger partial charge < -0.3 is 0 Å². The number of nitrogens with one attached hydrogen (secondary N) is 1. The minimum absolute atomic E-state index is 0.0792. The molecule has 0 aromatic heterocycles. The highest BCUT2D eigenvalue weighted by molar-refractivity contribution is 7.57. The highest BCUT2D eigenvalue weighted by Crippen LogP contribution is 2.48. The molecule has 0 spiro atoms. The Morgan fingerprint density at radius 2 is 1.43 bits per heavy atom. The smallest absolute Gasteiger partial charge is 0.0133 e. The third-order valence-corrected chi connectivity index (χ3v) is 5.48. The van der Waals surface area contributed by atoms with Crippen LogP contribution in [0.25, 0.3) is 0 Å². The largest absolute Gasteiger partial charge is 0.290 e. The SMILES string of the molecule is CC(C)CP(NC(C)(C)C)C(C)(C)C. The zero-order valence-corrected chi connectivity index (χ0v) is 12.1. The van der Waals surface area contributed by atoms with Gasteiger partial charge in [0.05, 0.1) is 0 Å². The summed E-state index contributed by atoms with van der Waals surface area (Å²) in [6, 6.07) is 0. The predicted octanol–water partition coefficient (Wildman–Crippen LogP) is 4.23. The van der Waals surface area contributed by atoms with Gasteiger partial charge in [-0.25, -0.2) is 0 Å². The van der Waals surface area contributed by atoms with Crippen LogP contribution in [0.15, 0.2) is 0 Å². The standard InChI is InChI=1S/C12H28NP/c1-10(2)9-14(12(6,7)8)13-11(3,4)5/h10,13H,9H2,1-8H3. The molecule has 0 fully saturated rings. The molecule has 0 aliphatic rings. The lowest BCUT2D eigenvalue weighted by Crippen LogP contribution is -2.37. The molecule has 86 valence electrons. The second-order valence-corrected chi connectivity index (χ2v) is 9.32. The van der Waals surface area contributed by atoms with Crippen molar-refractivity contribution in [1.29, 1.82) is 0 Å². The maximum absolute atomic E-state index is 3.79. The minimum atomic E-state index is -0.0792. The highest BCUT2D eigenvalue weighted by Gasteiger charge is 2.28. The van der Waals surface area contributed by atoms with Crippen LogP contribution in [0.1, 0.15) is 55.4 Å². The fourth-order valence-corrected chi connectivity index (χ4v) is 3.77. The van der Waals surface area contributed by atoms with Gasteiger partial charge in [0.1, 0.15) is 0 Å². The van der Waals surface area contributed by atoms with E-state index in [1.807, 2.05) is 0 Å². The van der Waals surface area contributed by atoms with Crippen molar-refractivity contribution in [3.05, 3.63) is 0 Å². The zero-order valence-electron chi connectivity index (χ0n) is 11.2. The summed E-state index contributed by atoms with van der Waals surface area (Å²) in [6.45, 7) is 18.4. The van der Waals surface area contributed by atoms with Gasteiger partial charge >= 0.3 is 0 Å². The summed E-state index contributed by atoms with van der Waals surface area (Å²) < 4.78 is 0. The first-order valence-corrected chi connectivity index (χ1v) is 7.10. The fraction of sp³-hybridized carbons (Fsp3) is 1.00. The van der Waals surface area contributed by atoms with Crippen molar-refractivity contribution in [1.82, 2.24) is 5.09 Å². The summed E-state index contributed by atoms with van der Waals surface area (Å²) in [6.07, 6.45) is 1.32. The Bertz CT molecular complexity index is 162. The van der Waals surface area contributed by atoms with Crippen molar-refractivity contribution in [2.75, 3.05) is 6.16 Å². The average molecular weight is 217 g/mol. The molecular weight excluding hydrogens is 189 g/mol. The van der Waals surface area contributed by atoms with E-state index in [4.69, 9.17) is 0 Å². The molecule has 0 saturated carbocycles. The van der Waals surface area contributed by atoms with Gasteiger partial charge in [-0.3, -0.25) is 5.09 Å². The maximum atomic E-state index is 3.79. The molecule has 0 radical (unpaired) electrons. The molecule has 1 nitrogen and oxygen atoms in total. The van der Waals surface area contributed by atoms with Crippen molar-refractivity contribution in [3.63, 3.8) is 0 Å². The molecule has 0 bridgehead atoms. The lowest BCUT2D eigenvalue weighted by Gasteiger charge is -2.38. The third-order valence-electron chi connectivity index (χ3n) is 1.83. The molecule has 1 atom stereocenters. The molecule has 0 aliphatic carbocycles. The first-order valence-electron chi connectivity index (χ1n) is 5.58. The molecule has 1 N–H and O–H groups in total. The van der Waals surface area contributed by atoms with E-state index < -0.39 is 0 Å². The van der Waals surface area contributed by atoms with Gasteiger partial charge in [-0.2, -0.15) is 0 Å². The van der Waals surface area contributed by atoms with Crippen molar-refractivity contribution < 1.29 is 0 Å². The number of hydrogen-bond donors (Lipinski definition) is 1. The van der Waals surface area contributed by atoms with Crippen LogP contribution in [-0.2, 0) is 0 Å². The lowest BCUT2D eigenvalue weighted by molar-refractivity contribution is 0.517. The fourth-order valence-electron chi connectivity index (χ4n) is 1.26. The van der Waals surface area contributed by atoms with Crippen molar-refractivity contribution in [3.8, 4) is 0 Å². The molecule has 0 amide bonds. The van der Waals surface area contributed by atoms with Crippen LogP contribution in [0.2, 0.25) is 0 Å². The summed E-state index contributed by atoms with van der Waals surface area (Å²) in [5.41, 5.74) is 0.244. The van der Waals surface area contributed by atoms with Gasteiger partial charge in [0.25, 0.3) is 0 Å². The number of hydrogen-bond acceptors (Lipinski definition) is 1. The predicted molar refractivity (Wildman–Crippen MR) is 69.3 cm³/mol. The van der Waals surface area contributed by atoms with E-state index in [1.165, 1.54) is 6.16 Å². The van der Waals surface area contributed by atoms with Crippen LogP contribution in [-0.4, -0.2) is 16.9 Å². The highest BCUT2D eigenvalue weighted by atomic mass is 31.1. The first-order chi connectivity index (χ1) is 6.02. The third kappa shape index (κ3) is 6.79. The maximum Gasteiger partial charge on any atom is 0.0133 e. The first kappa shape index (κ1) is 14.4. The van der Waals surface area contributed by atoms with Crippen molar-refractivity contribution in [2.45, 2.75) is 66.1 Å². The molecule has 0 aromatic carbocycles. The second-order valence-electron chi connectivity index (χ2n) is 6.54. The normalized spacial score (nSPS) is 16.1. The Morgan fingerprint density at radius 1 is 1.00 bits per heavy atom. The Morgan fingerprint density at radius 3 is 1.64 bits per heavy atom. The van der Waals surface area contributed by atoms with Crippen LogP contribution in [0.4, 0.5) is 0 Å². The molecular formula is C12H28NP. The topological polar surface area (TPSA) is 12.0 Å². The minimum Gasteiger partial charge on any atom is -0.290 e. The molecule has 14 heavy (non-hydrogen) atoms. The van der Waals surface area contributed by atoms with Gasteiger partial charge in [0.2, 0.25) is 0 Å². The molecule has 1 unspecified atom stereocenters. The van der Waals surface area contributed by atoms with Gasteiger partial charge in [-0.1, -0.05) is 34.6 Å². The summed E-state index contributed by atoms with van der Waals surface area (Å²) in [5.74, 6) is 0.787. The summed E-state index contributed by atoms with van der Waals surface area (Å²) >= 11 is 0. The Labute approximate surface area is 91.9 Å². The number of rotatable bonds is 3. The molecule has 0 aliphatic heterocycles. The molecule has 0 aromatic rings.